The van der Waals surface area contributed by atoms with Crippen molar-refractivity contribution in [3.63, 3.8) is 0 Å². The number of aryl methyl sites for hydroxylation is 1. The Morgan fingerprint density at radius 1 is 1.45 bits per heavy atom. The second kappa shape index (κ2) is 5.33. The minimum atomic E-state index is -0.338. The van der Waals surface area contributed by atoms with Crippen LogP contribution in [0.15, 0.2) is 16.6 Å². The van der Waals surface area contributed by atoms with Crippen molar-refractivity contribution in [1.82, 2.24) is 5.32 Å². The van der Waals surface area contributed by atoms with Crippen molar-refractivity contribution in [1.29, 1.82) is 0 Å². The number of rotatable bonds is 2. The van der Waals surface area contributed by atoms with E-state index < -0.39 is 0 Å². The maximum Gasteiger partial charge on any atom is 0.319 e. The Bertz CT molecular complexity index is 552. The van der Waals surface area contributed by atoms with Gasteiger partial charge in [-0.2, -0.15) is 0 Å². The number of fused-ring (bicyclic) bond motifs is 2. The molecule has 6 heteroatoms. The Balaban J connectivity index is 1.63. The van der Waals surface area contributed by atoms with Crippen molar-refractivity contribution >= 4 is 27.6 Å². The predicted molar refractivity (Wildman–Crippen MR) is 77.3 cm³/mol. The summed E-state index contributed by atoms with van der Waals surface area (Å²) in [6, 6.07) is 2.77. The molecule has 3 rings (SSSR count). The van der Waals surface area contributed by atoms with Gasteiger partial charge >= 0.3 is 6.03 Å². The second-order valence-corrected chi connectivity index (χ2v) is 6.25. The highest BCUT2D eigenvalue weighted by atomic mass is 79.9. The molecule has 2 bridgehead atoms. The molecule has 2 aliphatic heterocycles. The van der Waals surface area contributed by atoms with E-state index in [0.717, 1.165) is 19.3 Å². The van der Waals surface area contributed by atoms with Gasteiger partial charge in [-0.3, -0.25) is 0 Å². The largest absolute Gasteiger partial charge is 0.373 e. The summed E-state index contributed by atoms with van der Waals surface area (Å²) in [5.41, 5.74) is 1.28. The first-order valence-electron chi connectivity index (χ1n) is 6.71. The van der Waals surface area contributed by atoms with Gasteiger partial charge in [0, 0.05) is 5.69 Å². The highest BCUT2D eigenvalue weighted by molar-refractivity contribution is 9.10. The fourth-order valence-electron chi connectivity index (χ4n) is 2.90. The first kappa shape index (κ1) is 13.8. The molecule has 20 heavy (non-hydrogen) atoms. The van der Waals surface area contributed by atoms with Crippen molar-refractivity contribution in [3.8, 4) is 0 Å². The predicted octanol–water partition coefficient (Wildman–Crippen LogP) is 3.34. The standard InChI is InChI=1S/C14H16BrFN2O2/c1-7-4-10(16)9(15)6-11(7)17-14(19)18-12-5-8-2-3-13(12)20-8/h4,6,8,12-13H,2-3,5H2,1H3,(H2,17,18,19)/t8-,12+,13-/m1/s1. The Hall–Kier alpha value is -1.14. The zero-order chi connectivity index (χ0) is 14.3. The monoisotopic (exact) mass is 342 g/mol. The number of carbonyl (C=O) groups is 1. The smallest absolute Gasteiger partial charge is 0.319 e. The van der Waals surface area contributed by atoms with Crippen LogP contribution >= 0.6 is 15.9 Å². The Morgan fingerprint density at radius 3 is 2.90 bits per heavy atom. The number of nitrogens with one attached hydrogen (secondary N) is 2. The zero-order valence-electron chi connectivity index (χ0n) is 11.1. The average molecular weight is 343 g/mol. The molecule has 2 aliphatic rings. The highest BCUT2D eigenvalue weighted by Crippen LogP contribution is 2.34. The number of halogens is 2. The molecule has 1 aromatic carbocycles. The maximum absolute atomic E-state index is 13.3. The lowest BCUT2D eigenvalue weighted by molar-refractivity contribution is 0.0984. The van der Waals surface area contributed by atoms with Gasteiger partial charge in [0.1, 0.15) is 5.82 Å². The second-order valence-electron chi connectivity index (χ2n) is 5.40. The SMILES string of the molecule is Cc1cc(F)c(Br)cc1NC(=O)N[C@H]1C[C@H]2CC[C@H]1O2. The molecule has 2 heterocycles. The normalized spacial score (nSPS) is 27.6. The van der Waals surface area contributed by atoms with Gasteiger partial charge in [0.15, 0.2) is 0 Å². The van der Waals surface area contributed by atoms with Gasteiger partial charge < -0.3 is 15.4 Å². The van der Waals surface area contributed by atoms with Crippen molar-refractivity contribution in [2.45, 2.75) is 44.4 Å². The summed E-state index contributed by atoms with van der Waals surface area (Å²) in [5.74, 6) is -0.338. The number of hydrogen-bond donors (Lipinski definition) is 2. The van der Waals surface area contributed by atoms with Crippen molar-refractivity contribution in [2.75, 3.05) is 5.32 Å². The quantitative estimate of drug-likeness (QED) is 0.865. The summed E-state index contributed by atoms with van der Waals surface area (Å²) in [7, 11) is 0. The number of carbonyl (C=O) groups excluding carboxylic acids is 1. The Kier molecular flexibility index (Phi) is 3.69. The van der Waals surface area contributed by atoms with Crippen molar-refractivity contribution < 1.29 is 13.9 Å². The number of benzene rings is 1. The van der Waals surface area contributed by atoms with Gasteiger partial charge in [0.05, 0.1) is 22.7 Å². The molecule has 2 fully saturated rings. The van der Waals surface area contributed by atoms with E-state index in [9.17, 15) is 9.18 Å². The van der Waals surface area contributed by atoms with Crippen molar-refractivity contribution in [3.05, 3.63) is 28.0 Å². The third-order valence-electron chi connectivity index (χ3n) is 3.94. The first-order chi connectivity index (χ1) is 9.52. The van der Waals surface area contributed by atoms with Crippen LogP contribution in [-0.2, 0) is 4.74 Å². The van der Waals surface area contributed by atoms with E-state index in [1.54, 1.807) is 13.0 Å². The molecule has 0 aromatic heterocycles. The molecular weight excluding hydrogens is 327 g/mol. The van der Waals surface area contributed by atoms with Crippen LogP contribution in [-0.4, -0.2) is 24.3 Å². The maximum atomic E-state index is 13.3. The van der Waals surface area contributed by atoms with Gasteiger partial charge in [0.25, 0.3) is 0 Å². The van der Waals surface area contributed by atoms with Crippen LogP contribution in [0.1, 0.15) is 24.8 Å². The van der Waals surface area contributed by atoms with E-state index in [1.165, 1.54) is 6.07 Å². The number of ether oxygens (including phenoxy) is 1. The van der Waals surface area contributed by atoms with Gasteiger partial charge in [-0.05, 0) is 59.8 Å². The van der Waals surface area contributed by atoms with E-state index in [2.05, 4.69) is 26.6 Å². The van der Waals surface area contributed by atoms with Gasteiger partial charge in [-0.25, -0.2) is 9.18 Å². The molecule has 3 atom stereocenters. The molecule has 2 saturated heterocycles. The highest BCUT2D eigenvalue weighted by Gasteiger charge is 2.41. The van der Waals surface area contributed by atoms with Crippen LogP contribution in [0.4, 0.5) is 14.9 Å². The molecular formula is C14H16BrFN2O2. The fraction of sp³-hybridized carbons (Fsp3) is 0.500. The first-order valence-corrected chi connectivity index (χ1v) is 7.51. The van der Waals surface area contributed by atoms with E-state index in [-0.39, 0.29) is 24.0 Å². The van der Waals surface area contributed by atoms with Crippen LogP contribution in [0.3, 0.4) is 0 Å². The summed E-state index contributed by atoms with van der Waals surface area (Å²) < 4.78 is 19.4. The topological polar surface area (TPSA) is 50.4 Å². The van der Waals surface area contributed by atoms with Gasteiger partial charge in [-0.1, -0.05) is 0 Å². The minimum Gasteiger partial charge on any atom is -0.373 e. The van der Waals surface area contributed by atoms with E-state index in [0.29, 0.717) is 21.8 Å². The summed E-state index contributed by atoms with van der Waals surface area (Å²) in [4.78, 5) is 12.0. The number of urea groups is 1. The third kappa shape index (κ3) is 2.67. The molecule has 0 aliphatic carbocycles. The summed E-state index contributed by atoms with van der Waals surface area (Å²) in [6.07, 6.45) is 3.42. The Morgan fingerprint density at radius 2 is 2.25 bits per heavy atom. The lowest BCUT2D eigenvalue weighted by atomic mass is 9.96. The summed E-state index contributed by atoms with van der Waals surface area (Å²) in [6.45, 7) is 1.76. The Labute approximate surface area is 125 Å². The third-order valence-corrected chi connectivity index (χ3v) is 4.55. The number of amides is 2. The van der Waals surface area contributed by atoms with Crippen LogP contribution < -0.4 is 10.6 Å². The molecule has 0 radical (unpaired) electrons. The van der Waals surface area contributed by atoms with E-state index in [4.69, 9.17) is 4.74 Å². The minimum absolute atomic E-state index is 0.0814. The molecule has 0 unspecified atom stereocenters. The number of anilines is 1. The molecule has 108 valence electrons. The van der Waals surface area contributed by atoms with Gasteiger partial charge in [-0.15, -0.1) is 0 Å². The van der Waals surface area contributed by atoms with Crippen molar-refractivity contribution in [2.24, 2.45) is 0 Å². The van der Waals surface area contributed by atoms with E-state index in [1.807, 2.05) is 0 Å². The lowest BCUT2D eigenvalue weighted by Gasteiger charge is -2.20. The lowest BCUT2D eigenvalue weighted by Crippen LogP contribution is -2.43. The molecule has 1 aromatic rings. The molecule has 2 N–H and O–H groups in total. The van der Waals surface area contributed by atoms with E-state index >= 15 is 0 Å². The average Bonchev–Trinajstić information content (AvgIpc) is 2.98. The van der Waals surface area contributed by atoms with Crippen LogP contribution in [0.5, 0.6) is 0 Å². The molecule has 2 amide bonds. The number of hydrogen-bond acceptors (Lipinski definition) is 2. The zero-order valence-corrected chi connectivity index (χ0v) is 12.7. The molecule has 4 nitrogen and oxygen atoms in total. The van der Waals surface area contributed by atoms with Crippen LogP contribution in [0.25, 0.3) is 0 Å². The summed E-state index contributed by atoms with van der Waals surface area (Å²) >= 11 is 3.12. The summed E-state index contributed by atoms with van der Waals surface area (Å²) in [5, 5.41) is 5.70. The molecule has 0 saturated carbocycles. The van der Waals surface area contributed by atoms with Crippen LogP contribution in [0.2, 0.25) is 0 Å². The van der Waals surface area contributed by atoms with Crippen LogP contribution in [0, 0.1) is 12.7 Å². The molecule has 0 spiro atoms. The fourth-order valence-corrected chi connectivity index (χ4v) is 3.24. The van der Waals surface area contributed by atoms with Gasteiger partial charge in [0.2, 0.25) is 0 Å².